The normalized spacial score (nSPS) is 27.8. The zero-order valence-corrected chi connectivity index (χ0v) is 11.4. The monoisotopic (exact) mass is 236 g/mol. The van der Waals surface area contributed by atoms with Gasteiger partial charge in [0.05, 0.1) is 11.2 Å². The van der Waals surface area contributed by atoms with E-state index < -0.39 is 0 Å². The fourth-order valence-corrected chi connectivity index (χ4v) is 2.27. The third-order valence-electron chi connectivity index (χ3n) is 4.29. The summed E-state index contributed by atoms with van der Waals surface area (Å²) in [4.78, 5) is 11.7. The van der Waals surface area contributed by atoms with E-state index in [1.807, 2.05) is 34.6 Å². The van der Waals surface area contributed by atoms with Crippen LogP contribution in [-0.4, -0.2) is 24.1 Å². The molecule has 0 bridgehead atoms. The maximum Gasteiger partial charge on any atom is 0.490 e. The molecule has 0 aromatic carbocycles. The van der Waals surface area contributed by atoms with E-state index in [1.54, 1.807) is 0 Å². The van der Waals surface area contributed by atoms with Crippen LogP contribution in [0.3, 0.4) is 0 Å². The second kappa shape index (κ2) is 3.96. The first-order valence-corrected chi connectivity index (χ1v) is 6.33. The third-order valence-corrected chi connectivity index (χ3v) is 4.29. The summed E-state index contributed by atoms with van der Waals surface area (Å²) < 4.78 is 12.0. The van der Waals surface area contributed by atoms with E-state index >= 15 is 0 Å². The molecule has 1 aliphatic heterocycles. The van der Waals surface area contributed by atoms with Crippen molar-refractivity contribution in [3.8, 4) is 0 Å². The van der Waals surface area contributed by atoms with Crippen LogP contribution in [0, 0.1) is 0 Å². The van der Waals surface area contributed by atoms with Crippen molar-refractivity contribution < 1.29 is 14.1 Å². The topological polar surface area (TPSA) is 35.5 Å². The van der Waals surface area contributed by atoms with Crippen LogP contribution in [0.1, 0.15) is 53.9 Å². The number of rotatable bonds is 1. The first kappa shape index (κ1) is 12.8. The lowest BCUT2D eigenvalue weighted by molar-refractivity contribution is -0.116. The molecule has 3 nitrogen and oxygen atoms in total. The van der Waals surface area contributed by atoms with Crippen molar-refractivity contribution in [3.63, 3.8) is 0 Å². The standard InChI is InChI=1S/C13H21BO3/c1-9-10(7-6-8-11(9)15)14-16-12(2,3)13(4,5)17-14/h6-8H2,1-5H3. The fraction of sp³-hybridized carbons (Fsp3) is 0.769. The molecule has 0 N–H and O–H groups in total. The Balaban J connectivity index is 2.27. The number of Topliss-reactive ketones (excluding diaryl/α,β-unsaturated/α-hetero) is 1. The van der Waals surface area contributed by atoms with E-state index in [9.17, 15) is 4.79 Å². The molecule has 94 valence electrons. The predicted octanol–water partition coefficient (Wildman–Crippen LogP) is 2.69. The molecule has 1 aliphatic carbocycles. The molecule has 1 fully saturated rings. The molecule has 0 spiro atoms. The molecule has 17 heavy (non-hydrogen) atoms. The van der Waals surface area contributed by atoms with Crippen molar-refractivity contribution in [1.29, 1.82) is 0 Å². The molecule has 1 saturated heterocycles. The molecule has 4 heteroatoms. The Labute approximate surface area is 104 Å². The van der Waals surface area contributed by atoms with Crippen LogP contribution in [0.15, 0.2) is 11.0 Å². The maximum atomic E-state index is 11.7. The van der Waals surface area contributed by atoms with E-state index in [0.29, 0.717) is 6.42 Å². The van der Waals surface area contributed by atoms with Gasteiger partial charge in [-0.25, -0.2) is 0 Å². The summed E-state index contributed by atoms with van der Waals surface area (Å²) in [7, 11) is -0.343. The van der Waals surface area contributed by atoms with Crippen molar-refractivity contribution in [2.45, 2.75) is 65.1 Å². The largest absolute Gasteiger partial charge is 0.490 e. The Hall–Kier alpha value is -0.605. The number of ketones is 1. The van der Waals surface area contributed by atoms with E-state index in [1.165, 1.54) is 0 Å². The molecule has 0 atom stereocenters. The van der Waals surface area contributed by atoms with Gasteiger partial charge in [-0.3, -0.25) is 4.79 Å². The highest BCUT2D eigenvalue weighted by Crippen LogP contribution is 2.40. The van der Waals surface area contributed by atoms with Crippen molar-refractivity contribution in [2.24, 2.45) is 0 Å². The number of carbonyl (C=O) groups is 1. The molecule has 0 unspecified atom stereocenters. The molecular formula is C13H21BO3. The highest BCUT2D eigenvalue weighted by Gasteiger charge is 2.52. The lowest BCUT2D eigenvalue weighted by Crippen LogP contribution is -2.41. The summed E-state index contributed by atoms with van der Waals surface area (Å²) in [6.07, 6.45) is 2.48. The van der Waals surface area contributed by atoms with Gasteiger partial charge in [-0.1, -0.05) is 0 Å². The molecular weight excluding hydrogens is 215 g/mol. The fourth-order valence-electron chi connectivity index (χ4n) is 2.27. The Kier molecular flexibility index (Phi) is 2.99. The van der Waals surface area contributed by atoms with Gasteiger partial charge in [0.15, 0.2) is 5.78 Å². The second-order valence-corrected chi connectivity index (χ2v) is 6.02. The van der Waals surface area contributed by atoms with Crippen LogP contribution in [0.25, 0.3) is 0 Å². The molecule has 0 saturated carbocycles. The summed E-state index contributed by atoms with van der Waals surface area (Å²) in [6.45, 7) is 10.0. The summed E-state index contributed by atoms with van der Waals surface area (Å²) >= 11 is 0. The van der Waals surface area contributed by atoms with Gasteiger partial charge in [-0.05, 0) is 58.5 Å². The predicted molar refractivity (Wildman–Crippen MR) is 67.6 cm³/mol. The van der Waals surface area contributed by atoms with E-state index in [0.717, 1.165) is 23.9 Å². The molecule has 0 radical (unpaired) electrons. The summed E-state index contributed by atoms with van der Waals surface area (Å²) in [5.74, 6) is 0.237. The Bertz CT molecular complexity index is 366. The first-order valence-electron chi connectivity index (χ1n) is 6.33. The molecule has 2 rings (SSSR count). The van der Waals surface area contributed by atoms with Gasteiger partial charge in [-0.2, -0.15) is 0 Å². The van der Waals surface area contributed by atoms with E-state index in [-0.39, 0.29) is 24.1 Å². The summed E-state index contributed by atoms with van der Waals surface area (Å²) in [6, 6.07) is 0. The zero-order chi connectivity index (χ0) is 12.8. The molecule has 1 heterocycles. The van der Waals surface area contributed by atoms with Crippen LogP contribution in [0.4, 0.5) is 0 Å². The molecule has 0 aromatic heterocycles. The highest BCUT2D eigenvalue weighted by molar-refractivity contribution is 6.55. The van der Waals surface area contributed by atoms with Gasteiger partial charge in [-0.15, -0.1) is 0 Å². The Morgan fingerprint density at radius 2 is 1.59 bits per heavy atom. The summed E-state index contributed by atoms with van der Waals surface area (Å²) in [5, 5.41) is 0. The minimum absolute atomic E-state index is 0.237. The smallest absolute Gasteiger partial charge is 0.400 e. The lowest BCUT2D eigenvalue weighted by Gasteiger charge is -2.32. The van der Waals surface area contributed by atoms with Crippen LogP contribution >= 0.6 is 0 Å². The number of hydrogen-bond acceptors (Lipinski definition) is 3. The van der Waals surface area contributed by atoms with Crippen molar-refractivity contribution in [3.05, 3.63) is 11.0 Å². The number of hydrogen-bond donors (Lipinski definition) is 0. The van der Waals surface area contributed by atoms with Gasteiger partial charge >= 0.3 is 7.12 Å². The highest BCUT2D eigenvalue weighted by atomic mass is 16.7. The Morgan fingerprint density at radius 3 is 2.12 bits per heavy atom. The number of allylic oxidation sites excluding steroid dienone is 2. The van der Waals surface area contributed by atoms with E-state index in [4.69, 9.17) is 9.31 Å². The quantitative estimate of drug-likeness (QED) is 0.656. The third kappa shape index (κ3) is 2.09. The number of carbonyl (C=O) groups excluding carboxylic acids is 1. The van der Waals surface area contributed by atoms with Crippen LogP contribution < -0.4 is 0 Å². The molecule has 0 aromatic rings. The minimum Gasteiger partial charge on any atom is -0.400 e. The van der Waals surface area contributed by atoms with Gasteiger partial charge in [0.1, 0.15) is 0 Å². The SMILES string of the molecule is CC1=C(B2OC(C)(C)C(C)(C)O2)CCCC1=O. The first-order chi connectivity index (χ1) is 7.74. The van der Waals surface area contributed by atoms with Crippen molar-refractivity contribution >= 4 is 12.9 Å². The zero-order valence-electron chi connectivity index (χ0n) is 11.4. The van der Waals surface area contributed by atoms with Crippen LogP contribution in [-0.2, 0) is 14.1 Å². The Morgan fingerprint density at radius 1 is 1.06 bits per heavy atom. The van der Waals surface area contributed by atoms with Crippen LogP contribution in [0.5, 0.6) is 0 Å². The maximum absolute atomic E-state index is 11.7. The van der Waals surface area contributed by atoms with Gasteiger partial charge in [0.25, 0.3) is 0 Å². The van der Waals surface area contributed by atoms with E-state index in [2.05, 4.69) is 0 Å². The summed E-state index contributed by atoms with van der Waals surface area (Å²) in [5.41, 5.74) is 1.23. The van der Waals surface area contributed by atoms with Gasteiger partial charge in [0.2, 0.25) is 0 Å². The van der Waals surface area contributed by atoms with Crippen molar-refractivity contribution in [1.82, 2.24) is 0 Å². The molecule has 0 amide bonds. The van der Waals surface area contributed by atoms with Crippen LogP contribution in [0.2, 0.25) is 0 Å². The van der Waals surface area contributed by atoms with Gasteiger partial charge in [0, 0.05) is 6.42 Å². The van der Waals surface area contributed by atoms with Crippen molar-refractivity contribution in [2.75, 3.05) is 0 Å². The van der Waals surface area contributed by atoms with Gasteiger partial charge < -0.3 is 9.31 Å². The molecule has 2 aliphatic rings. The average molecular weight is 236 g/mol. The lowest BCUT2D eigenvalue weighted by atomic mass is 9.69. The average Bonchev–Trinajstić information content (AvgIpc) is 2.40. The second-order valence-electron chi connectivity index (χ2n) is 6.02. The minimum atomic E-state index is -0.343.